The van der Waals surface area contributed by atoms with Crippen LogP contribution in [0.1, 0.15) is 10.4 Å². The summed E-state index contributed by atoms with van der Waals surface area (Å²) in [6.45, 7) is 0. The van der Waals surface area contributed by atoms with Crippen molar-refractivity contribution in [1.29, 1.82) is 0 Å². The molecule has 3 aromatic rings. The third-order valence-electron chi connectivity index (χ3n) is 4.39. The third-order valence-corrected chi connectivity index (χ3v) is 4.39. The van der Waals surface area contributed by atoms with E-state index in [1.165, 1.54) is 0 Å². The van der Waals surface area contributed by atoms with Crippen molar-refractivity contribution in [3.8, 4) is 33.8 Å². The van der Waals surface area contributed by atoms with Crippen molar-refractivity contribution in [1.82, 2.24) is 0 Å². The molecule has 4 heteroatoms. The maximum absolute atomic E-state index is 11.5. The van der Waals surface area contributed by atoms with Crippen LogP contribution in [0.4, 0.5) is 5.69 Å². The van der Waals surface area contributed by atoms with Crippen LogP contribution in [-0.4, -0.2) is 27.6 Å². The van der Waals surface area contributed by atoms with E-state index in [2.05, 4.69) is 5.32 Å². The lowest BCUT2D eigenvalue weighted by atomic mass is 9.91. The molecule has 4 nitrogen and oxygen atoms in total. The molecule has 0 aliphatic rings. The Balaban J connectivity index is 2.24. The number of hydrogen-bond donors (Lipinski definition) is 1. The zero-order valence-electron chi connectivity index (χ0n) is 15.1. The van der Waals surface area contributed by atoms with Crippen LogP contribution in [0.5, 0.6) is 11.5 Å². The summed E-state index contributed by atoms with van der Waals surface area (Å²) in [6, 6.07) is 19.5. The van der Waals surface area contributed by atoms with Crippen LogP contribution < -0.4 is 14.8 Å². The number of carbonyl (C=O) groups is 1. The molecule has 0 saturated carbocycles. The van der Waals surface area contributed by atoms with Gasteiger partial charge >= 0.3 is 0 Å². The van der Waals surface area contributed by atoms with Crippen LogP contribution in [0.15, 0.2) is 60.7 Å². The number of nitrogens with one attached hydrogen (secondary N) is 1. The minimum Gasteiger partial charge on any atom is -0.497 e. The first-order valence-electron chi connectivity index (χ1n) is 8.30. The van der Waals surface area contributed by atoms with Gasteiger partial charge in [0.05, 0.1) is 19.9 Å². The molecule has 0 aliphatic heterocycles. The molecule has 3 rings (SSSR count). The van der Waals surface area contributed by atoms with E-state index in [9.17, 15) is 4.79 Å². The Morgan fingerprint density at radius 3 is 1.77 bits per heavy atom. The van der Waals surface area contributed by atoms with Gasteiger partial charge in [0.1, 0.15) is 11.5 Å². The summed E-state index contributed by atoms with van der Waals surface area (Å²) in [5.74, 6) is 1.59. The van der Waals surface area contributed by atoms with Crippen molar-refractivity contribution in [3.05, 3.63) is 66.2 Å². The topological polar surface area (TPSA) is 47.6 Å². The SMILES string of the molecule is CNc1c(C=O)ccc(-c2ccc(OC)cc2)c1-c1ccc(OC)cc1. The molecular formula is C22H21NO3. The van der Waals surface area contributed by atoms with Gasteiger partial charge in [0.2, 0.25) is 0 Å². The van der Waals surface area contributed by atoms with Gasteiger partial charge in [0.15, 0.2) is 6.29 Å². The van der Waals surface area contributed by atoms with E-state index in [0.717, 1.165) is 45.7 Å². The summed E-state index contributed by atoms with van der Waals surface area (Å²) in [5, 5.41) is 3.19. The number of rotatable bonds is 6. The highest BCUT2D eigenvalue weighted by atomic mass is 16.5. The first-order chi connectivity index (χ1) is 12.7. The molecule has 0 radical (unpaired) electrons. The molecule has 0 aliphatic carbocycles. The molecule has 0 saturated heterocycles. The molecule has 0 atom stereocenters. The third kappa shape index (κ3) is 3.26. The highest BCUT2D eigenvalue weighted by Crippen LogP contribution is 2.40. The molecule has 3 aromatic carbocycles. The number of benzene rings is 3. The minimum atomic E-state index is 0.621. The number of aldehydes is 1. The van der Waals surface area contributed by atoms with Crippen LogP contribution in [0, 0.1) is 0 Å². The Bertz CT molecular complexity index is 900. The van der Waals surface area contributed by atoms with Gasteiger partial charge in [-0.15, -0.1) is 0 Å². The van der Waals surface area contributed by atoms with Gasteiger partial charge in [0.25, 0.3) is 0 Å². The molecule has 0 amide bonds. The predicted molar refractivity (Wildman–Crippen MR) is 105 cm³/mol. The molecule has 0 bridgehead atoms. The summed E-state index contributed by atoms with van der Waals surface area (Å²) < 4.78 is 10.5. The normalized spacial score (nSPS) is 10.3. The Hall–Kier alpha value is -3.27. The number of carbonyl (C=O) groups excluding carboxylic acids is 1. The minimum absolute atomic E-state index is 0.621. The van der Waals surface area contributed by atoms with Crippen molar-refractivity contribution >= 4 is 12.0 Å². The zero-order valence-corrected chi connectivity index (χ0v) is 15.1. The average Bonchev–Trinajstić information content (AvgIpc) is 2.72. The molecule has 0 spiro atoms. The average molecular weight is 347 g/mol. The molecule has 132 valence electrons. The van der Waals surface area contributed by atoms with Crippen molar-refractivity contribution < 1.29 is 14.3 Å². The van der Waals surface area contributed by atoms with Crippen LogP contribution in [-0.2, 0) is 0 Å². The molecule has 0 unspecified atom stereocenters. The molecule has 0 heterocycles. The van der Waals surface area contributed by atoms with E-state index in [4.69, 9.17) is 9.47 Å². The van der Waals surface area contributed by atoms with E-state index in [1.807, 2.05) is 67.7 Å². The number of ether oxygens (including phenoxy) is 2. The zero-order chi connectivity index (χ0) is 18.5. The highest BCUT2D eigenvalue weighted by Gasteiger charge is 2.16. The summed E-state index contributed by atoms with van der Waals surface area (Å²) >= 11 is 0. The van der Waals surface area contributed by atoms with Gasteiger partial charge in [0, 0.05) is 18.2 Å². The first kappa shape index (κ1) is 17.5. The maximum Gasteiger partial charge on any atom is 0.152 e. The highest BCUT2D eigenvalue weighted by molar-refractivity contribution is 5.99. The Labute approximate surface area is 153 Å². The molecule has 0 aromatic heterocycles. The number of anilines is 1. The molecular weight excluding hydrogens is 326 g/mol. The van der Waals surface area contributed by atoms with Crippen LogP contribution in [0.3, 0.4) is 0 Å². The smallest absolute Gasteiger partial charge is 0.152 e. The fraction of sp³-hybridized carbons (Fsp3) is 0.136. The van der Waals surface area contributed by atoms with Crippen molar-refractivity contribution in [3.63, 3.8) is 0 Å². The number of hydrogen-bond acceptors (Lipinski definition) is 4. The van der Waals surface area contributed by atoms with E-state index in [1.54, 1.807) is 14.2 Å². The number of methoxy groups -OCH3 is 2. The van der Waals surface area contributed by atoms with Crippen LogP contribution in [0.25, 0.3) is 22.3 Å². The van der Waals surface area contributed by atoms with E-state index >= 15 is 0 Å². The van der Waals surface area contributed by atoms with Gasteiger partial charge < -0.3 is 14.8 Å². The van der Waals surface area contributed by atoms with Gasteiger partial charge in [-0.05, 0) is 47.0 Å². The molecule has 0 fully saturated rings. The Morgan fingerprint density at radius 1 is 0.769 bits per heavy atom. The lowest BCUT2D eigenvalue weighted by molar-refractivity contribution is 0.112. The summed E-state index contributed by atoms with van der Waals surface area (Å²) in [7, 11) is 5.12. The molecule has 26 heavy (non-hydrogen) atoms. The monoisotopic (exact) mass is 347 g/mol. The fourth-order valence-electron chi connectivity index (χ4n) is 3.05. The van der Waals surface area contributed by atoms with E-state index in [-0.39, 0.29) is 0 Å². The second-order valence-corrected chi connectivity index (χ2v) is 5.78. The Kier molecular flexibility index (Phi) is 5.23. The summed E-state index contributed by atoms with van der Waals surface area (Å²) in [4.78, 5) is 11.5. The largest absolute Gasteiger partial charge is 0.497 e. The maximum atomic E-state index is 11.5. The van der Waals surface area contributed by atoms with Gasteiger partial charge in [-0.1, -0.05) is 30.3 Å². The Morgan fingerprint density at radius 2 is 1.31 bits per heavy atom. The van der Waals surface area contributed by atoms with Crippen LogP contribution >= 0.6 is 0 Å². The first-order valence-corrected chi connectivity index (χ1v) is 8.30. The predicted octanol–water partition coefficient (Wildman–Crippen LogP) is 4.89. The van der Waals surface area contributed by atoms with Crippen LogP contribution in [0.2, 0.25) is 0 Å². The van der Waals surface area contributed by atoms with Crippen molar-refractivity contribution in [2.45, 2.75) is 0 Å². The van der Waals surface area contributed by atoms with Gasteiger partial charge in [-0.2, -0.15) is 0 Å². The summed E-state index contributed by atoms with van der Waals surface area (Å²) in [6.07, 6.45) is 0.872. The van der Waals surface area contributed by atoms with Gasteiger partial charge in [-0.3, -0.25) is 4.79 Å². The van der Waals surface area contributed by atoms with E-state index in [0.29, 0.717) is 5.56 Å². The second kappa shape index (κ2) is 7.74. The fourth-order valence-corrected chi connectivity index (χ4v) is 3.05. The lowest BCUT2D eigenvalue weighted by Gasteiger charge is -2.18. The van der Waals surface area contributed by atoms with Crippen molar-refractivity contribution in [2.75, 3.05) is 26.6 Å². The lowest BCUT2D eigenvalue weighted by Crippen LogP contribution is -2.00. The molecule has 1 N–H and O–H groups in total. The quantitative estimate of drug-likeness (QED) is 0.645. The van der Waals surface area contributed by atoms with Crippen molar-refractivity contribution in [2.24, 2.45) is 0 Å². The van der Waals surface area contributed by atoms with Gasteiger partial charge in [-0.25, -0.2) is 0 Å². The second-order valence-electron chi connectivity index (χ2n) is 5.78. The standard InChI is InChI=1S/C22H21NO3/c1-23-22-17(14-24)8-13-20(15-4-9-18(25-2)10-5-15)21(22)16-6-11-19(26-3)12-7-16/h4-14,23H,1-3H3. The van der Waals surface area contributed by atoms with E-state index < -0.39 is 0 Å². The summed E-state index contributed by atoms with van der Waals surface area (Å²) in [5.41, 5.74) is 5.49.